The summed E-state index contributed by atoms with van der Waals surface area (Å²) in [4.78, 5) is 42.9. The van der Waals surface area contributed by atoms with Crippen molar-refractivity contribution in [3.8, 4) is 17.2 Å². The van der Waals surface area contributed by atoms with E-state index in [2.05, 4.69) is 0 Å². The van der Waals surface area contributed by atoms with Gasteiger partial charge in [-0.15, -0.1) is 0 Å². The normalized spacial score (nSPS) is 25.0. The van der Waals surface area contributed by atoms with Gasteiger partial charge < -0.3 is 14.2 Å². The second kappa shape index (κ2) is 8.05. The van der Waals surface area contributed by atoms with Crippen molar-refractivity contribution >= 4 is 29.0 Å². The van der Waals surface area contributed by atoms with Gasteiger partial charge in [0.05, 0.1) is 23.4 Å². The third-order valence-electron chi connectivity index (χ3n) is 8.28. The number of aryl methyl sites for hydroxylation is 3. The van der Waals surface area contributed by atoms with Gasteiger partial charge in [0.25, 0.3) is 0 Å². The van der Waals surface area contributed by atoms with Crippen LogP contribution in [0.25, 0.3) is 5.57 Å². The number of imide groups is 1. The van der Waals surface area contributed by atoms with E-state index in [1.54, 1.807) is 6.07 Å². The van der Waals surface area contributed by atoms with Crippen LogP contribution in [0.3, 0.4) is 0 Å². The van der Waals surface area contributed by atoms with Gasteiger partial charge >= 0.3 is 5.97 Å². The Kier molecular flexibility index (Phi) is 4.83. The molecule has 4 atom stereocenters. The fourth-order valence-electron chi connectivity index (χ4n) is 6.23. The Labute approximate surface area is 219 Å². The number of hydrogen-bond donors (Lipinski definition) is 0. The first-order valence-electron chi connectivity index (χ1n) is 12.7. The zero-order chi connectivity index (χ0) is 26.3. The molecule has 3 aliphatic heterocycles. The van der Waals surface area contributed by atoms with E-state index in [-0.39, 0.29) is 18.6 Å². The fraction of sp³-hybridized carbons (Fsp3) is 0.258. The van der Waals surface area contributed by atoms with Crippen molar-refractivity contribution in [3.05, 3.63) is 88.5 Å². The van der Waals surface area contributed by atoms with Crippen LogP contribution in [0.2, 0.25) is 0 Å². The van der Waals surface area contributed by atoms with Gasteiger partial charge in [0.1, 0.15) is 5.75 Å². The van der Waals surface area contributed by atoms with E-state index in [0.29, 0.717) is 22.9 Å². The van der Waals surface area contributed by atoms with E-state index in [4.69, 9.17) is 14.2 Å². The van der Waals surface area contributed by atoms with E-state index < -0.39 is 29.6 Å². The summed E-state index contributed by atoms with van der Waals surface area (Å²) in [6.45, 7) is 6.00. The minimum Gasteiger partial charge on any atom is -0.454 e. The van der Waals surface area contributed by atoms with E-state index >= 15 is 0 Å². The number of amides is 2. The lowest BCUT2D eigenvalue weighted by Crippen LogP contribution is -2.42. The van der Waals surface area contributed by atoms with Crippen molar-refractivity contribution in [3.63, 3.8) is 0 Å². The van der Waals surface area contributed by atoms with Crippen molar-refractivity contribution in [2.75, 3.05) is 11.7 Å². The molecule has 7 nitrogen and oxygen atoms in total. The quantitative estimate of drug-likeness (QED) is 0.280. The van der Waals surface area contributed by atoms with Crippen LogP contribution in [0.4, 0.5) is 5.69 Å². The SMILES string of the molecule is Cc1ccc2c(c1)OC(=O)[C@@H]1C2=C[C@H](c2ccc3c(c2)OCO3)[C@H]2C(=O)N(c3ccc(C)c(C)c3)C(=O)[C@@H]12. The largest absolute Gasteiger partial charge is 0.454 e. The number of carbonyl (C=O) groups is 3. The Balaban J connectivity index is 1.42. The summed E-state index contributed by atoms with van der Waals surface area (Å²) < 4.78 is 16.9. The van der Waals surface area contributed by atoms with Gasteiger partial charge in [-0.25, -0.2) is 4.90 Å². The molecule has 3 aromatic rings. The monoisotopic (exact) mass is 507 g/mol. The van der Waals surface area contributed by atoms with Crippen molar-refractivity contribution in [1.29, 1.82) is 0 Å². The molecule has 1 fully saturated rings. The number of fused-ring (bicyclic) bond motifs is 6. The average molecular weight is 508 g/mol. The summed E-state index contributed by atoms with van der Waals surface area (Å²) in [6.07, 6.45) is 1.98. The van der Waals surface area contributed by atoms with Gasteiger partial charge in [0.15, 0.2) is 11.5 Å². The Morgan fingerprint density at radius 2 is 1.55 bits per heavy atom. The third-order valence-corrected chi connectivity index (χ3v) is 8.28. The summed E-state index contributed by atoms with van der Waals surface area (Å²) in [5.41, 5.74) is 5.84. The van der Waals surface area contributed by atoms with Crippen molar-refractivity contribution in [1.82, 2.24) is 0 Å². The van der Waals surface area contributed by atoms with Crippen LogP contribution >= 0.6 is 0 Å². The second-order valence-electron chi connectivity index (χ2n) is 10.5. The zero-order valence-electron chi connectivity index (χ0n) is 21.2. The minimum atomic E-state index is -0.888. The van der Waals surface area contributed by atoms with Crippen molar-refractivity contribution in [2.45, 2.75) is 26.7 Å². The molecule has 0 radical (unpaired) electrons. The van der Waals surface area contributed by atoms with Crippen LogP contribution in [-0.2, 0) is 14.4 Å². The molecule has 1 aliphatic carbocycles. The van der Waals surface area contributed by atoms with Crippen LogP contribution < -0.4 is 19.1 Å². The Bertz CT molecular complexity index is 1600. The minimum absolute atomic E-state index is 0.134. The topological polar surface area (TPSA) is 82.1 Å². The maximum absolute atomic E-state index is 14.1. The average Bonchev–Trinajstić information content (AvgIpc) is 3.47. The molecule has 4 aliphatic rings. The van der Waals surface area contributed by atoms with E-state index in [1.165, 1.54) is 4.90 Å². The van der Waals surface area contributed by atoms with Gasteiger partial charge in [0.2, 0.25) is 18.6 Å². The number of rotatable bonds is 2. The fourth-order valence-corrected chi connectivity index (χ4v) is 6.23. The lowest BCUT2D eigenvalue weighted by Gasteiger charge is -2.38. The standard InChI is InChI=1S/C31H25NO6/c1-15-4-8-20-22-13-21(18-6-9-23-25(12-18)37-14-36-23)26-28(27(22)31(35)38-24(20)10-15)30(34)32(29(26)33)19-7-5-16(2)17(3)11-19/h4-13,21,26-28H,14H2,1-3H3/t21-,26-,27-,28-/m1/s1. The molecule has 1 saturated heterocycles. The highest BCUT2D eigenvalue weighted by atomic mass is 16.7. The van der Waals surface area contributed by atoms with Gasteiger partial charge in [-0.1, -0.05) is 30.3 Å². The number of esters is 1. The second-order valence-corrected chi connectivity index (χ2v) is 10.5. The number of hydrogen-bond acceptors (Lipinski definition) is 6. The van der Waals surface area contributed by atoms with E-state index in [0.717, 1.165) is 33.4 Å². The maximum atomic E-state index is 14.1. The lowest BCUT2D eigenvalue weighted by molar-refractivity contribution is -0.142. The molecule has 7 heteroatoms. The highest BCUT2D eigenvalue weighted by Gasteiger charge is 2.60. The summed E-state index contributed by atoms with van der Waals surface area (Å²) in [7, 11) is 0. The number of carbonyl (C=O) groups excluding carboxylic acids is 3. The number of benzene rings is 3. The van der Waals surface area contributed by atoms with Gasteiger partial charge in [0, 0.05) is 11.5 Å². The molecule has 0 N–H and O–H groups in total. The number of ether oxygens (including phenoxy) is 3. The van der Waals surface area contributed by atoms with Crippen molar-refractivity contribution < 1.29 is 28.6 Å². The molecule has 3 heterocycles. The molecule has 2 amide bonds. The smallest absolute Gasteiger partial charge is 0.319 e. The first kappa shape index (κ1) is 22.8. The molecule has 38 heavy (non-hydrogen) atoms. The third kappa shape index (κ3) is 3.17. The molecule has 190 valence electrons. The number of allylic oxidation sites excluding steroid dienone is 1. The van der Waals surface area contributed by atoms with Crippen LogP contribution in [0.5, 0.6) is 17.2 Å². The highest BCUT2D eigenvalue weighted by Crippen LogP contribution is 2.55. The summed E-state index contributed by atoms with van der Waals surface area (Å²) >= 11 is 0. The summed E-state index contributed by atoms with van der Waals surface area (Å²) in [6, 6.07) is 16.9. The predicted molar refractivity (Wildman–Crippen MR) is 139 cm³/mol. The van der Waals surface area contributed by atoms with Gasteiger partial charge in [-0.3, -0.25) is 14.4 Å². The maximum Gasteiger partial charge on any atom is 0.319 e. The molecular formula is C31H25NO6. The summed E-state index contributed by atoms with van der Waals surface area (Å²) in [5.74, 6) is -2.46. The number of nitrogens with zero attached hydrogens (tertiary/aromatic N) is 1. The number of anilines is 1. The molecule has 0 unspecified atom stereocenters. The Morgan fingerprint density at radius 3 is 2.37 bits per heavy atom. The molecule has 7 rings (SSSR count). The van der Waals surface area contributed by atoms with Gasteiger partial charge in [-0.2, -0.15) is 0 Å². The molecular weight excluding hydrogens is 482 g/mol. The van der Waals surface area contributed by atoms with Gasteiger partial charge in [-0.05, 0) is 78.9 Å². The molecule has 0 saturated carbocycles. The Morgan fingerprint density at radius 1 is 0.763 bits per heavy atom. The Hall–Kier alpha value is -4.39. The molecule has 3 aromatic carbocycles. The van der Waals surface area contributed by atoms with Crippen LogP contribution in [0.1, 0.15) is 33.7 Å². The molecule has 0 aromatic heterocycles. The first-order valence-corrected chi connectivity index (χ1v) is 12.7. The van der Waals surface area contributed by atoms with Crippen LogP contribution in [-0.4, -0.2) is 24.6 Å². The van der Waals surface area contributed by atoms with Crippen LogP contribution in [0.15, 0.2) is 60.7 Å². The van der Waals surface area contributed by atoms with Crippen molar-refractivity contribution in [2.24, 2.45) is 17.8 Å². The first-order chi connectivity index (χ1) is 18.3. The zero-order valence-corrected chi connectivity index (χ0v) is 21.2. The van der Waals surface area contributed by atoms with Crippen LogP contribution in [0, 0.1) is 38.5 Å². The molecule has 0 bridgehead atoms. The predicted octanol–water partition coefficient (Wildman–Crippen LogP) is 4.86. The molecule has 0 spiro atoms. The van der Waals surface area contributed by atoms with E-state index in [1.807, 2.05) is 75.4 Å². The highest BCUT2D eigenvalue weighted by molar-refractivity contribution is 6.24. The lowest BCUT2D eigenvalue weighted by atomic mass is 9.64. The summed E-state index contributed by atoms with van der Waals surface area (Å²) in [5, 5.41) is 0. The van der Waals surface area contributed by atoms with E-state index in [9.17, 15) is 14.4 Å².